The van der Waals surface area contributed by atoms with E-state index in [1.54, 1.807) is 31.5 Å². The van der Waals surface area contributed by atoms with Gasteiger partial charge < -0.3 is 9.47 Å². The molecule has 0 saturated heterocycles. The molecule has 0 aliphatic heterocycles. The molecular formula is C29H29FN4O5S. The Morgan fingerprint density at radius 1 is 1.00 bits per heavy atom. The summed E-state index contributed by atoms with van der Waals surface area (Å²) in [4.78, 5) is 25.6. The Morgan fingerprint density at radius 3 is 2.50 bits per heavy atom. The van der Waals surface area contributed by atoms with E-state index in [0.29, 0.717) is 35.7 Å². The minimum absolute atomic E-state index is 0.106. The third-order valence-corrected chi connectivity index (χ3v) is 6.83. The summed E-state index contributed by atoms with van der Waals surface area (Å²) in [5.41, 5.74) is 2.03. The summed E-state index contributed by atoms with van der Waals surface area (Å²) in [7, 11) is -4.26. The first-order chi connectivity index (χ1) is 19.1. The van der Waals surface area contributed by atoms with Crippen LogP contribution in [0.4, 0.5) is 4.39 Å². The molecule has 9 nitrogen and oxygen atoms in total. The summed E-state index contributed by atoms with van der Waals surface area (Å²) >= 11 is 0. The van der Waals surface area contributed by atoms with Gasteiger partial charge in [0.25, 0.3) is 15.9 Å². The number of pyridine rings is 3. The van der Waals surface area contributed by atoms with Gasteiger partial charge >= 0.3 is 0 Å². The fourth-order valence-corrected chi connectivity index (χ4v) is 4.63. The average Bonchev–Trinajstić information content (AvgIpc) is 2.92. The third kappa shape index (κ3) is 7.60. The number of carbonyl (C=O) groups is 1. The summed E-state index contributed by atoms with van der Waals surface area (Å²) in [5.74, 6) is -0.984. The quantitative estimate of drug-likeness (QED) is 0.277. The van der Waals surface area contributed by atoms with E-state index in [-0.39, 0.29) is 29.0 Å². The van der Waals surface area contributed by atoms with E-state index in [4.69, 9.17) is 9.47 Å². The van der Waals surface area contributed by atoms with Crippen LogP contribution >= 0.6 is 0 Å². The van der Waals surface area contributed by atoms with Crippen molar-refractivity contribution < 1.29 is 27.1 Å². The Hall–Kier alpha value is -4.38. The van der Waals surface area contributed by atoms with Crippen molar-refractivity contribution >= 4 is 15.9 Å². The van der Waals surface area contributed by atoms with Crippen LogP contribution in [0.5, 0.6) is 11.6 Å². The van der Waals surface area contributed by atoms with Crippen molar-refractivity contribution in [3.05, 3.63) is 95.7 Å². The number of hydrogen-bond acceptors (Lipinski definition) is 8. The molecule has 11 heteroatoms. The summed E-state index contributed by atoms with van der Waals surface area (Å²) in [6.07, 6.45) is 3.79. The number of halogens is 1. The monoisotopic (exact) mass is 564 g/mol. The number of rotatable bonds is 11. The van der Waals surface area contributed by atoms with E-state index in [1.165, 1.54) is 36.4 Å². The highest BCUT2D eigenvalue weighted by Crippen LogP contribution is 2.28. The van der Waals surface area contributed by atoms with Gasteiger partial charge in [-0.15, -0.1) is 0 Å². The number of aromatic nitrogens is 3. The molecular weight excluding hydrogens is 535 g/mol. The topological polar surface area (TPSA) is 120 Å². The molecule has 0 radical (unpaired) electrons. The molecule has 0 aliphatic carbocycles. The van der Waals surface area contributed by atoms with E-state index in [9.17, 15) is 17.6 Å². The predicted molar refractivity (Wildman–Crippen MR) is 147 cm³/mol. The van der Waals surface area contributed by atoms with Gasteiger partial charge in [0.15, 0.2) is 5.03 Å². The zero-order valence-electron chi connectivity index (χ0n) is 22.3. The van der Waals surface area contributed by atoms with Gasteiger partial charge in [-0.25, -0.2) is 19.1 Å². The van der Waals surface area contributed by atoms with E-state index in [2.05, 4.69) is 15.0 Å². The second kappa shape index (κ2) is 12.6. The number of carbonyl (C=O) groups excluding carboxylic acids is 1. The number of amides is 1. The van der Waals surface area contributed by atoms with Gasteiger partial charge in [-0.1, -0.05) is 19.9 Å². The van der Waals surface area contributed by atoms with Crippen LogP contribution < -0.4 is 14.2 Å². The van der Waals surface area contributed by atoms with Crippen LogP contribution in [0.3, 0.4) is 0 Å². The minimum Gasteiger partial charge on any atom is -0.493 e. The Kier molecular flexibility index (Phi) is 9.05. The zero-order chi connectivity index (χ0) is 28.7. The lowest BCUT2D eigenvalue weighted by molar-refractivity contribution is 0.0976. The lowest BCUT2D eigenvalue weighted by Crippen LogP contribution is -2.31. The molecule has 0 bridgehead atoms. The summed E-state index contributed by atoms with van der Waals surface area (Å²) in [5, 5.41) is -0.292. The molecule has 0 unspecified atom stereocenters. The van der Waals surface area contributed by atoms with Crippen molar-refractivity contribution in [1.29, 1.82) is 0 Å². The van der Waals surface area contributed by atoms with Gasteiger partial charge in [-0.2, -0.15) is 8.42 Å². The van der Waals surface area contributed by atoms with Crippen LogP contribution in [-0.2, 0) is 16.4 Å². The molecule has 0 saturated carbocycles. The molecule has 1 amide bonds. The molecule has 208 valence electrons. The third-order valence-electron chi connectivity index (χ3n) is 5.60. The molecule has 4 rings (SSSR count). The second-order valence-corrected chi connectivity index (χ2v) is 11.1. The van der Waals surface area contributed by atoms with Gasteiger partial charge in [-0.05, 0) is 66.9 Å². The van der Waals surface area contributed by atoms with Crippen LogP contribution in [0, 0.1) is 18.7 Å². The summed E-state index contributed by atoms with van der Waals surface area (Å²) < 4.78 is 53.7. The molecule has 0 fully saturated rings. The summed E-state index contributed by atoms with van der Waals surface area (Å²) in [6, 6.07) is 15.2. The number of nitrogens with one attached hydrogen (secondary N) is 1. The van der Waals surface area contributed by atoms with E-state index in [0.717, 1.165) is 5.56 Å². The molecule has 40 heavy (non-hydrogen) atoms. The van der Waals surface area contributed by atoms with Crippen molar-refractivity contribution in [2.75, 3.05) is 13.2 Å². The molecule has 1 N–H and O–H groups in total. The van der Waals surface area contributed by atoms with Crippen molar-refractivity contribution in [3.8, 4) is 22.9 Å². The van der Waals surface area contributed by atoms with Crippen molar-refractivity contribution in [1.82, 2.24) is 19.7 Å². The maximum absolute atomic E-state index is 14.4. The van der Waals surface area contributed by atoms with Gasteiger partial charge in [0.2, 0.25) is 5.88 Å². The zero-order valence-corrected chi connectivity index (χ0v) is 23.1. The van der Waals surface area contributed by atoms with Gasteiger partial charge in [-0.3, -0.25) is 9.78 Å². The van der Waals surface area contributed by atoms with Crippen molar-refractivity contribution in [2.45, 2.75) is 32.2 Å². The highest BCUT2D eigenvalue weighted by atomic mass is 32.2. The summed E-state index contributed by atoms with van der Waals surface area (Å²) in [6.45, 7) is 6.15. The molecule has 3 heterocycles. The van der Waals surface area contributed by atoms with Gasteiger partial charge in [0.05, 0.1) is 18.9 Å². The highest BCUT2D eigenvalue weighted by Gasteiger charge is 2.24. The maximum atomic E-state index is 14.4. The predicted octanol–water partition coefficient (Wildman–Crippen LogP) is 4.76. The SMILES string of the molecule is Cc1cccc(S(=O)(=O)NC(=O)c2ccc(-c3cc(F)cc(OCC(C)C)c3)nc2OCCc2ccncc2)n1. The second-order valence-electron chi connectivity index (χ2n) is 9.44. The van der Waals surface area contributed by atoms with E-state index < -0.39 is 21.7 Å². The first-order valence-corrected chi connectivity index (χ1v) is 14.1. The van der Waals surface area contributed by atoms with Gasteiger partial charge in [0, 0.05) is 36.1 Å². The first-order valence-electron chi connectivity index (χ1n) is 12.6. The van der Waals surface area contributed by atoms with Crippen molar-refractivity contribution in [3.63, 3.8) is 0 Å². The van der Waals surface area contributed by atoms with Crippen LogP contribution in [0.2, 0.25) is 0 Å². The highest BCUT2D eigenvalue weighted by molar-refractivity contribution is 7.90. The Labute approximate surface area is 232 Å². The number of benzene rings is 1. The number of ether oxygens (including phenoxy) is 2. The normalized spacial score (nSPS) is 11.3. The Bertz CT molecular complexity index is 1600. The molecule has 0 aliphatic rings. The number of sulfonamides is 1. The first kappa shape index (κ1) is 28.6. The Balaban J connectivity index is 1.65. The van der Waals surface area contributed by atoms with Crippen molar-refractivity contribution in [2.24, 2.45) is 5.92 Å². The largest absolute Gasteiger partial charge is 0.493 e. The van der Waals surface area contributed by atoms with E-state index >= 15 is 0 Å². The fraction of sp³-hybridized carbons (Fsp3) is 0.241. The maximum Gasteiger partial charge on any atom is 0.281 e. The molecule has 1 aromatic carbocycles. The van der Waals surface area contributed by atoms with Crippen LogP contribution in [0.1, 0.15) is 35.5 Å². The van der Waals surface area contributed by atoms with Crippen LogP contribution in [0.25, 0.3) is 11.3 Å². The number of hydrogen-bond donors (Lipinski definition) is 1. The lowest BCUT2D eigenvalue weighted by Gasteiger charge is -2.14. The molecule has 4 aromatic rings. The molecule has 0 spiro atoms. The molecule has 0 atom stereocenters. The van der Waals surface area contributed by atoms with Gasteiger partial charge in [0.1, 0.15) is 17.1 Å². The number of aryl methyl sites for hydroxylation is 1. The fourth-order valence-electron chi connectivity index (χ4n) is 3.65. The minimum atomic E-state index is -4.26. The smallest absolute Gasteiger partial charge is 0.281 e. The lowest BCUT2D eigenvalue weighted by atomic mass is 10.1. The average molecular weight is 565 g/mol. The van der Waals surface area contributed by atoms with Crippen LogP contribution in [-0.4, -0.2) is 42.5 Å². The number of nitrogens with zero attached hydrogens (tertiary/aromatic N) is 3. The molecule has 3 aromatic heterocycles. The van der Waals surface area contributed by atoms with Crippen LogP contribution in [0.15, 0.2) is 78.1 Å². The standard InChI is InChI=1S/C29H29FN4O5S/c1-19(2)18-39-24-16-22(15-23(30)17-24)26-8-7-25(29(33-26)38-14-11-21-9-12-31-13-10-21)28(35)34-40(36,37)27-6-4-5-20(3)32-27/h4-10,12-13,15-17,19H,11,14,18H2,1-3H3,(H,34,35). The Morgan fingerprint density at radius 2 is 1.77 bits per heavy atom. The van der Waals surface area contributed by atoms with E-state index in [1.807, 2.05) is 30.7 Å².